The summed E-state index contributed by atoms with van der Waals surface area (Å²) < 4.78 is 15.0. The van der Waals surface area contributed by atoms with Crippen molar-refractivity contribution >= 4 is 10.9 Å². The van der Waals surface area contributed by atoms with Crippen LogP contribution in [0, 0.1) is 29.0 Å². The van der Waals surface area contributed by atoms with Crippen LogP contribution in [0.5, 0.6) is 0 Å². The molecule has 2 heterocycles. The van der Waals surface area contributed by atoms with E-state index in [-0.39, 0.29) is 11.4 Å². The zero-order valence-corrected chi connectivity index (χ0v) is 15.2. The standard InChI is InChI=1S/C22H17FN4O/c23-18-3-1-2-16(14-18)4-5-17-6-7-19-20(15-17)25-21-8-10-26(11-9-24)12-13-27(21)22(19)28/h1-3,6-7,14-15H,8,10-13H2. The fourth-order valence-corrected chi connectivity index (χ4v) is 3.35. The van der Waals surface area contributed by atoms with Crippen molar-refractivity contribution in [2.45, 2.75) is 13.0 Å². The third kappa shape index (κ3) is 3.64. The zero-order valence-electron chi connectivity index (χ0n) is 15.2. The van der Waals surface area contributed by atoms with Gasteiger partial charge in [0.15, 0.2) is 0 Å². The molecule has 0 spiro atoms. The van der Waals surface area contributed by atoms with Gasteiger partial charge in [-0.3, -0.25) is 14.3 Å². The maximum atomic E-state index is 13.3. The lowest BCUT2D eigenvalue weighted by atomic mass is 10.1. The summed E-state index contributed by atoms with van der Waals surface area (Å²) in [6.45, 7) is 2.23. The largest absolute Gasteiger partial charge is 0.295 e. The molecule has 0 aliphatic carbocycles. The number of halogens is 1. The van der Waals surface area contributed by atoms with Crippen molar-refractivity contribution in [2.75, 3.05) is 19.6 Å². The van der Waals surface area contributed by atoms with E-state index < -0.39 is 0 Å². The van der Waals surface area contributed by atoms with E-state index in [2.05, 4.69) is 22.9 Å². The summed E-state index contributed by atoms with van der Waals surface area (Å²) in [6, 6.07) is 13.6. The number of rotatable bonds is 1. The SMILES string of the molecule is N#CCN1CCc2nc3cc(C#Cc4cccc(F)c4)ccc3c(=O)n2CC1. The molecular weight excluding hydrogens is 355 g/mol. The quantitative estimate of drug-likeness (QED) is 0.486. The van der Waals surface area contributed by atoms with Crippen LogP contribution in [0.2, 0.25) is 0 Å². The van der Waals surface area contributed by atoms with Gasteiger partial charge in [-0.2, -0.15) is 5.26 Å². The predicted octanol–water partition coefficient (Wildman–Crippen LogP) is 2.32. The number of hydrogen-bond acceptors (Lipinski definition) is 4. The summed E-state index contributed by atoms with van der Waals surface area (Å²) in [4.78, 5) is 19.6. The van der Waals surface area contributed by atoms with Crippen molar-refractivity contribution in [3.63, 3.8) is 0 Å². The lowest BCUT2D eigenvalue weighted by Crippen LogP contribution is -2.29. The fourth-order valence-electron chi connectivity index (χ4n) is 3.35. The van der Waals surface area contributed by atoms with E-state index in [4.69, 9.17) is 5.26 Å². The Kier molecular flexibility index (Phi) is 4.89. The molecule has 0 bridgehead atoms. The predicted molar refractivity (Wildman–Crippen MR) is 104 cm³/mol. The molecule has 2 aromatic carbocycles. The highest BCUT2D eigenvalue weighted by molar-refractivity contribution is 5.79. The second kappa shape index (κ2) is 7.64. The Balaban J connectivity index is 1.70. The molecule has 1 aliphatic rings. The van der Waals surface area contributed by atoms with Gasteiger partial charge in [-0.25, -0.2) is 9.37 Å². The summed E-state index contributed by atoms with van der Waals surface area (Å²) in [5, 5.41) is 9.46. The molecule has 0 atom stereocenters. The summed E-state index contributed by atoms with van der Waals surface area (Å²) in [5.41, 5.74) is 1.85. The minimum atomic E-state index is -0.326. The van der Waals surface area contributed by atoms with Crippen molar-refractivity contribution in [3.05, 3.63) is 75.6 Å². The topological polar surface area (TPSA) is 61.9 Å². The Morgan fingerprint density at radius 1 is 1.07 bits per heavy atom. The van der Waals surface area contributed by atoms with Gasteiger partial charge < -0.3 is 0 Å². The highest BCUT2D eigenvalue weighted by Gasteiger charge is 2.17. The fraction of sp³-hybridized carbons (Fsp3) is 0.227. The molecule has 1 aromatic heterocycles. The Bertz CT molecular complexity index is 1210. The first kappa shape index (κ1) is 17.9. The number of fused-ring (bicyclic) bond motifs is 2. The Morgan fingerprint density at radius 3 is 2.68 bits per heavy atom. The molecule has 0 fully saturated rings. The second-order valence-electron chi connectivity index (χ2n) is 6.66. The van der Waals surface area contributed by atoms with Gasteiger partial charge >= 0.3 is 0 Å². The van der Waals surface area contributed by atoms with Gasteiger partial charge in [-0.1, -0.05) is 17.9 Å². The number of nitriles is 1. The average molecular weight is 372 g/mol. The van der Waals surface area contributed by atoms with Crippen LogP contribution in [-0.4, -0.2) is 34.1 Å². The van der Waals surface area contributed by atoms with Crippen molar-refractivity contribution in [1.29, 1.82) is 5.26 Å². The molecule has 4 rings (SSSR count). The van der Waals surface area contributed by atoms with Crippen LogP contribution < -0.4 is 5.56 Å². The molecule has 0 radical (unpaired) electrons. The van der Waals surface area contributed by atoms with Crippen molar-refractivity contribution in [1.82, 2.24) is 14.5 Å². The summed E-state index contributed by atoms with van der Waals surface area (Å²) >= 11 is 0. The van der Waals surface area contributed by atoms with Crippen LogP contribution in [-0.2, 0) is 13.0 Å². The van der Waals surface area contributed by atoms with Gasteiger partial charge in [0.1, 0.15) is 11.6 Å². The maximum absolute atomic E-state index is 13.3. The maximum Gasteiger partial charge on any atom is 0.261 e. The minimum absolute atomic E-state index is 0.0663. The van der Waals surface area contributed by atoms with Crippen molar-refractivity contribution < 1.29 is 4.39 Å². The lowest BCUT2D eigenvalue weighted by molar-refractivity contribution is 0.312. The van der Waals surface area contributed by atoms with E-state index >= 15 is 0 Å². The number of benzene rings is 2. The highest BCUT2D eigenvalue weighted by atomic mass is 19.1. The number of hydrogen-bond donors (Lipinski definition) is 0. The van der Waals surface area contributed by atoms with Gasteiger partial charge in [-0.05, 0) is 36.4 Å². The number of aromatic nitrogens is 2. The molecule has 138 valence electrons. The van der Waals surface area contributed by atoms with Gasteiger partial charge in [0.25, 0.3) is 5.56 Å². The molecule has 6 heteroatoms. The van der Waals surface area contributed by atoms with Crippen LogP contribution >= 0.6 is 0 Å². The molecule has 0 saturated heterocycles. The average Bonchev–Trinajstić information content (AvgIpc) is 2.89. The summed E-state index contributed by atoms with van der Waals surface area (Å²) in [7, 11) is 0. The zero-order chi connectivity index (χ0) is 19.5. The molecule has 28 heavy (non-hydrogen) atoms. The third-order valence-corrected chi connectivity index (χ3v) is 4.80. The minimum Gasteiger partial charge on any atom is -0.295 e. The van der Waals surface area contributed by atoms with E-state index in [1.54, 1.807) is 34.9 Å². The Hall–Kier alpha value is -3.48. The normalized spacial score (nSPS) is 13.9. The second-order valence-corrected chi connectivity index (χ2v) is 6.66. The first-order chi connectivity index (χ1) is 13.6. The van der Waals surface area contributed by atoms with Gasteiger partial charge in [-0.15, -0.1) is 0 Å². The van der Waals surface area contributed by atoms with Crippen LogP contribution in [0.3, 0.4) is 0 Å². The summed E-state index contributed by atoms with van der Waals surface area (Å²) in [6.07, 6.45) is 0.617. The van der Waals surface area contributed by atoms with Gasteiger partial charge in [0, 0.05) is 37.2 Å². The van der Waals surface area contributed by atoms with Crippen LogP contribution in [0.1, 0.15) is 17.0 Å². The molecule has 1 aliphatic heterocycles. The summed E-state index contributed by atoms with van der Waals surface area (Å²) in [5.74, 6) is 6.35. The monoisotopic (exact) mass is 372 g/mol. The smallest absolute Gasteiger partial charge is 0.261 e. The molecule has 5 nitrogen and oxygen atoms in total. The Morgan fingerprint density at radius 2 is 1.89 bits per heavy atom. The van der Waals surface area contributed by atoms with E-state index in [1.807, 2.05) is 4.90 Å². The van der Waals surface area contributed by atoms with Gasteiger partial charge in [0.05, 0.1) is 23.5 Å². The molecule has 3 aromatic rings. The van der Waals surface area contributed by atoms with E-state index in [9.17, 15) is 9.18 Å². The van der Waals surface area contributed by atoms with Gasteiger partial charge in [0.2, 0.25) is 0 Å². The highest BCUT2D eigenvalue weighted by Crippen LogP contribution is 2.14. The first-order valence-electron chi connectivity index (χ1n) is 9.04. The van der Waals surface area contributed by atoms with E-state index in [0.29, 0.717) is 54.6 Å². The molecule has 0 saturated carbocycles. The van der Waals surface area contributed by atoms with Crippen LogP contribution in [0.4, 0.5) is 4.39 Å². The molecule has 0 amide bonds. The number of nitrogens with zero attached hydrogens (tertiary/aromatic N) is 4. The molecular formula is C22H17FN4O. The lowest BCUT2D eigenvalue weighted by Gasteiger charge is -2.14. The van der Waals surface area contributed by atoms with Crippen molar-refractivity contribution in [3.8, 4) is 17.9 Å². The molecule has 0 unspecified atom stereocenters. The van der Waals surface area contributed by atoms with E-state index in [1.165, 1.54) is 12.1 Å². The van der Waals surface area contributed by atoms with Crippen LogP contribution in [0.25, 0.3) is 10.9 Å². The Labute approximate surface area is 161 Å². The first-order valence-corrected chi connectivity index (χ1v) is 9.04. The van der Waals surface area contributed by atoms with Crippen molar-refractivity contribution in [2.24, 2.45) is 0 Å². The van der Waals surface area contributed by atoms with Crippen LogP contribution in [0.15, 0.2) is 47.3 Å². The van der Waals surface area contributed by atoms with E-state index in [0.717, 1.165) is 5.82 Å². The molecule has 0 N–H and O–H groups in total. The third-order valence-electron chi connectivity index (χ3n) is 4.80.